The molecule has 1 aliphatic carbocycles. The number of Topliss-reactive ketones (excluding diaryl/α,β-unsaturated/α-hetero) is 1. The molecule has 1 aliphatic heterocycles. The van der Waals surface area contributed by atoms with Crippen LogP contribution in [0.15, 0.2) is 18.3 Å². The molecular weight excluding hydrogens is 230 g/mol. The molecule has 0 saturated carbocycles. The first-order chi connectivity index (χ1) is 8.36. The topological polar surface area (TPSA) is 30.0 Å². The molecule has 90 valence electrons. The van der Waals surface area contributed by atoms with Crippen LogP contribution in [0, 0.1) is 0 Å². The van der Waals surface area contributed by atoms with Crippen LogP contribution in [0.25, 0.3) is 0 Å². The minimum absolute atomic E-state index is 0.0792. The van der Waals surface area contributed by atoms with E-state index in [1.54, 1.807) is 0 Å². The Morgan fingerprint density at radius 2 is 2.29 bits per heavy atom. The van der Waals surface area contributed by atoms with Crippen molar-refractivity contribution in [2.75, 3.05) is 5.75 Å². The number of pyridine rings is 1. The number of fused-ring (bicyclic) bond motifs is 1. The molecule has 0 amide bonds. The standard InChI is InChI=1S/C14H17NOS/c16-14(12-7-3-9-17-12)11-6-1-4-10-5-2-8-15-13(10)11/h2,5,8,11-12H,1,3-4,6-7,9H2. The van der Waals surface area contributed by atoms with Gasteiger partial charge in [0.25, 0.3) is 0 Å². The zero-order valence-electron chi connectivity index (χ0n) is 9.89. The Morgan fingerprint density at radius 1 is 1.35 bits per heavy atom. The Kier molecular flexibility index (Phi) is 3.19. The third-order valence-corrected chi connectivity index (χ3v) is 5.18. The van der Waals surface area contributed by atoms with Crippen LogP contribution < -0.4 is 0 Å². The molecule has 1 aromatic heterocycles. The van der Waals surface area contributed by atoms with Crippen LogP contribution in [-0.4, -0.2) is 21.8 Å². The van der Waals surface area contributed by atoms with Crippen LogP contribution in [0.3, 0.4) is 0 Å². The summed E-state index contributed by atoms with van der Waals surface area (Å²) >= 11 is 1.84. The summed E-state index contributed by atoms with van der Waals surface area (Å²) < 4.78 is 0. The molecule has 2 nitrogen and oxygen atoms in total. The number of rotatable bonds is 2. The monoisotopic (exact) mass is 247 g/mol. The Hall–Kier alpha value is -0.830. The van der Waals surface area contributed by atoms with Crippen LogP contribution in [0.5, 0.6) is 0 Å². The highest BCUT2D eigenvalue weighted by Gasteiger charge is 2.33. The third kappa shape index (κ3) is 2.13. The average molecular weight is 247 g/mol. The van der Waals surface area contributed by atoms with Crippen LogP contribution >= 0.6 is 11.8 Å². The van der Waals surface area contributed by atoms with Crippen molar-refractivity contribution in [1.29, 1.82) is 0 Å². The van der Waals surface area contributed by atoms with Gasteiger partial charge < -0.3 is 0 Å². The van der Waals surface area contributed by atoms with E-state index < -0.39 is 0 Å². The highest BCUT2D eigenvalue weighted by molar-refractivity contribution is 8.00. The van der Waals surface area contributed by atoms with Crippen molar-refractivity contribution >= 4 is 17.5 Å². The number of aryl methyl sites for hydroxylation is 1. The molecule has 1 aromatic rings. The summed E-state index contributed by atoms with van der Waals surface area (Å²) in [6.07, 6.45) is 7.31. The second-order valence-corrected chi connectivity index (χ2v) is 6.21. The normalized spacial score (nSPS) is 27.8. The summed E-state index contributed by atoms with van der Waals surface area (Å²) in [5.74, 6) is 1.67. The Labute approximate surface area is 106 Å². The van der Waals surface area contributed by atoms with Gasteiger partial charge in [0.05, 0.1) is 16.9 Å². The minimum Gasteiger partial charge on any atom is -0.298 e. The lowest BCUT2D eigenvalue weighted by Gasteiger charge is -2.25. The lowest BCUT2D eigenvalue weighted by Crippen LogP contribution is -2.26. The lowest BCUT2D eigenvalue weighted by molar-refractivity contribution is -0.120. The molecule has 0 spiro atoms. The fraction of sp³-hybridized carbons (Fsp3) is 0.571. The molecule has 1 saturated heterocycles. The quantitative estimate of drug-likeness (QED) is 0.805. The Bertz CT molecular complexity index is 426. The van der Waals surface area contributed by atoms with Crippen molar-refractivity contribution in [3.8, 4) is 0 Å². The maximum absolute atomic E-state index is 12.5. The van der Waals surface area contributed by atoms with E-state index >= 15 is 0 Å². The fourth-order valence-electron chi connectivity index (χ4n) is 2.91. The summed E-state index contributed by atoms with van der Waals surface area (Å²) in [5, 5.41) is 0.243. The zero-order valence-corrected chi connectivity index (χ0v) is 10.7. The second kappa shape index (κ2) is 4.81. The smallest absolute Gasteiger partial charge is 0.154 e. The van der Waals surface area contributed by atoms with Gasteiger partial charge in [-0.25, -0.2) is 0 Å². The summed E-state index contributed by atoms with van der Waals surface area (Å²) in [5.41, 5.74) is 2.36. The molecule has 17 heavy (non-hydrogen) atoms. The summed E-state index contributed by atoms with van der Waals surface area (Å²) in [6.45, 7) is 0. The molecule has 0 radical (unpaired) electrons. The van der Waals surface area contributed by atoms with Crippen LogP contribution in [0.2, 0.25) is 0 Å². The molecule has 2 unspecified atom stereocenters. The molecule has 3 rings (SSSR count). The zero-order chi connectivity index (χ0) is 11.7. The second-order valence-electron chi connectivity index (χ2n) is 4.90. The fourth-order valence-corrected chi connectivity index (χ4v) is 4.19. The van der Waals surface area contributed by atoms with E-state index in [4.69, 9.17) is 0 Å². The molecule has 2 heterocycles. The van der Waals surface area contributed by atoms with E-state index in [9.17, 15) is 4.79 Å². The molecule has 0 aromatic carbocycles. The predicted molar refractivity (Wildman–Crippen MR) is 70.4 cm³/mol. The summed E-state index contributed by atoms with van der Waals surface area (Å²) in [6, 6.07) is 4.11. The number of ketones is 1. The largest absolute Gasteiger partial charge is 0.298 e. The van der Waals surface area contributed by atoms with Crippen LogP contribution in [-0.2, 0) is 11.2 Å². The molecule has 3 heteroatoms. The molecule has 2 atom stereocenters. The third-order valence-electron chi connectivity index (χ3n) is 3.79. The first kappa shape index (κ1) is 11.3. The molecule has 1 fully saturated rings. The summed E-state index contributed by atoms with van der Waals surface area (Å²) in [4.78, 5) is 17.0. The number of thioether (sulfide) groups is 1. The van der Waals surface area contributed by atoms with Crippen molar-refractivity contribution in [2.45, 2.75) is 43.3 Å². The van der Waals surface area contributed by atoms with Gasteiger partial charge in [0.1, 0.15) is 0 Å². The van der Waals surface area contributed by atoms with Gasteiger partial charge in [0.15, 0.2) is 5.78 Å². The van der Waals surface area contributed by atoms with Gasteiger partial charge in [-0.3, -0.25) is 9.78 Å². The van der Waals surface area contributed by atoms with Gasteiger partial charge >= 0.3 is 0 Å². The molecule has 0 N–H and O–H groups in total. The van der Waals surface area contributed by atoms with Gasteiger partial charge in [-0.1, -0.05) is 6.07 Å². The van der Waals surface area contributed by atoms with Crippen molar-refractivity contribution < 1.29 is 4.79 Å². The number of hydrogen-bond donors (Lipinski definition) is 0. The van der Waals surface area contributed by atoms with Crippen LogP contribution in [0.4, 0.5) is 0 Å². The minimum atomic E-state index is 0.0792. The van der Waals surface area contributed by atoms with E-state index in [0.717, 1.165) is 37.1 Å². The molecular formula is C14H17NOS. The molecule has 0 bridgehead atoms. The van der Waals surface area contributed by atoms with Gasteiger partial charge in [-0.2, -0.15) is 11.8 Å². The lowest BCUT2D eigenvalue weighted by atomic mass is 9.82. The Balaban J connectivity index is 1.86. The first-order valence-electron chi connectivity index (χ1n) is 6.45. The van der Waals surface area contributed by atoms with E-state index in [-0.39, 0.29) is 11.2 Å². The number of hydrogen-bond acceptors (Lipinski definition) is 3. The number of nitrogens with zero attached hydrogens (tertiary/aromatic N) is 1. The SMILES string of the molecule is O=C(C1CCCS1)C1CCCc2cccnc21. The van der Waals surface area contributed by atoms with Crippen molar-refractivity contribution in [3.63, 3.8) is 0 Å². The average Bonchev–Trinajstić information content (AvgIpc) is 2.91. The van der Waals surface area contributed by atoms with E-state index in [2.05, 4.69) is 11.1 Å². The number of aromatic nitrogens is 1. The highest BCUT2D eigenvalue weighted by atomic mass is 32.2. The van der Waals surface area contributed by atoms with Crippen molar-refractivity contribution in [3.05, 3.63) is 29.6 Å². The molecule has 2 aliphatic rings. The maximum Gasteiger partial charge on any atom is 0.154 e. The number of carbonyl (C=O) groups is 1. The van der Waals surface area contributed by atoms with Crippen LogP contribution in [0.1, 0.15) is 42.9 Å². The van der Waals surface area contributed by atoms with Crippen molar-refractivity contribution in [2.24, 2.45) is 0 Å². The van der Waals surface area contributed by atoms with Gasteiger partial charge in [-0.05, 0) is 49.5 Å². The van der Waals surface area contributed by atoms with Gasteiger partial charge in [-0.15, -0.1) is 0 Å². The van der Waals surface area contributed by atoms with Gasteiger partial charge in [0, 0.05) is 6.20 Å². The van der Waals surface area contributed by atoms with E-state index in [1.807, 2.05) is 24.0 Å². The Morgan fingerprint density at radius 3 is 3.12 bits per heavy atom. The first-order valence-corrected chi connectivity index (χ1v) is 7.50. The maximum atomic E-state index is 12.5. The summed E-state index contributed by atoms with van der Waals surface area (Å²) in [7, 11) is 0. The van der Waals surface area contributed by atoms with E-state index in [1.165, 1.54) is 12.0 Å². The predicted octanol–water partition coefficient (Wildman–Crippen LogP) is 2.97. The van der Waals surface area contributed by atoms with Crippen molar-refractivity contribution in [1.82, 2.24) is 4.98 Å². The highest BCUT2D eigenvalue weighted by Crippen LogP contribution is 2.36. The van der Waals surface area contributed by atoms with Gasteiger partial charge in [0.2, 0.25) is 0 Å². The van der Waals surface area contributed by atoms with E-state index in [0.29, 0.717) is 5.78 Å². The number of carbonyl (C=O) groups excluding carboxylic acids is 1.